The molecular weight excluding hydrogens is 236 g/mol. The SMILES string of the molecule is COC1C(O)CCCC1[C@@H]1C[C@H]2CC[C@]1(C)C2(C)C. The van der Waals surface area contributed by atoms with Crippen LogP contribution in [0.25, 0.3) is 0 Å². The zero-order valence-corrected chi connectivity index (χ0v) is 13.0. The lowest BCUT2D eigenvalue weighted by molar-refractivity contribution is -0.104. The van der Waals surface area contributed by atoms with E-state index in [0.29, 0.717) is 16.7 Å². The highest BCUT2D eigenvalue weighted by molar-refractivity contribution is 5.12. The minimum atomic E-state index is -0.241. The van der Waals surface area contributed by atoms with Crippen molar-refractivity contribution < 1.29 is 9.84 Å². The Labute approximate surface area is 117 Å². The monoisotopic (exact) mass is 266 g/mol. The summed E-state index contributed by atoms with van der Waals surface area (Å²) < 4.78 is 5.70. The molecule has 3 rings (SSSR count). The number of hydrogen-bond acceptors (Lipinski definition) is 2. The van der Waals surface area contributed by atoms with Crippen molar-refractivity contribution in [3.8, 4) is 0 Å². The summed E-state index contributed by atoms with van der Waals surface area (Å²) in [5.41, 5.74) is 0.925. The Balaban J connectivity index is 1.87. The van der Waals surface area contributed by atoms with Gasteiger partial charge in [-0.15, -0.1) is 0 Å². The van der Waals surface area contributed by atoms with Crippen LogP contribution in [0.3, 0.4) is 0 Å². The Kier molecular flexibility index (Phi) is 3.26. The largest absolute Gasteiger partial charge is 0.390 e. The molecule has 0 aromatic carbocycles. The lowest BCUT2D eigenvalue weighted by Gasteiger charge is -2.47. The number of fused-ring (bicyclic) bond motifs is 2. The van der Waals surface area contributed by atoms with E-state index >= 15 is 0 Å². The van der Waals surface area contributed by atoms with Gasteiger partial charge in [-0.1, -0.05) is 27.2 Å². The van der Waals surface area contributed by atoms with E-state index in [0.717, 1.165) is 18.3 Å². The molecular formula is C17H30O2. The predicted octanol–water partition coefficient (Wildman–Crippen LogP) is 3.62. The number of aliphatic hydroxyl groups excluding tert-OH is 1. The van der Waals surface area contributed by atoms with Crippen LogP contribution in [0.4, 0.5) is 0 Å². The standard InChI is InChI=1S/C17H30O2/c1-16(2)11-8-9-17(16,3)13(10-11)12-6-5-7-14(18)15(12)19-4/h11-15,18H,5-10H2,1-4H3/t11-,12?,13+,14?,15?,17+/m1/s1. The van der Waals surface area contributed by atoms with Crippen LogP contribution in [0.5, 0.6) is 0 Å². The number of ether oxygens (including phenoxy) is 1. The molecule has 19 heavy (non-hydrogen) atoms. The van der Waals surface area contributed by atoms with E-state index < -0.39 is 0 Å². The molecule has 3 saturated carbocycles. The summed E-state index contributed by atoms with van der Waals surface area (Å²) in [6.07, 6.45) is 7.32. The van der Waals surface area contributed by atoms with E-state index in [1.54, 1.807) is 7.11 Å². The maximum atomic E-state index is 10.3. The van der Waals surface area contributed by atoms with Crippen molar-refractivity contribution in [2.45, 2.75) is 71.5 Å². The summed E-state index contributed by atoms with van der Waals surface area (Å²) in [4.78, 5) is 0. The van der Waals surface area contributed by atoms with Crippen molar-refractivity contribution in [1.29, 1.82) is 0 Å². The first kappa shape index (κ1) is 13.9. The van der Waals surface area contributed by atoms with Crippen LogP contribution in [0, 0.1) is 28.6 Å². The van der Waals surface area contributed by atoms with E-state index in [2.05, 4.69) is 20.8 Å². The third-order valence-electron chi connectivity index (χ3n) is 7.49. The molecule has 3 fully saturated rings. The minimum absolute atomic E-state index is 0.0747. The molecule has 6 atom stereocenters. The first-order chi connectivity index (χ1) is 8.91. The van der Waals surface area contributed by atoms with Gasteiger partial charge >= 0.3 is 0 Å². The Morgan fingerprint density at radius 2 is 1.84 bits per heavy atom. The molecule has 3 unspecified atom stereocenters. The van der Waals surface area contributed by atoms with Crippen molar-refractivity contribution in [3.63, 3.8) is 0 Å². The van der Waals surface area contributed by atoms with Crippen LogP contribution in [-0.4, -0.2) is 24.4 Å². The van der Waals surface area contributed by atoms with E-state index in [1.807, 2.05) is 0 Å². The molecule has 2 heteroatoms. The second-order valence-electron chi connectivity index (χ2n) is 8.08. The lowest BCUT2D eigenvalue weighted by Crippen LogP contribution is -2.47. The van der Waals surface area contributed by atoms with Gasteiger partial charge in [0.2, 0.25) is 0 Å². The molecule has 0 amide bonds. The maximum absolute atomic E-state index is 10.3. The predicted molar refractivity (Wildman–Crippen MR) is 76.9 cm³/mol. The van der Waals surface area contributed by atoms with Crippen molar-refractivity contribution in [3.05, 3.63) is 0 Å². The molecule has 1 N–H and O–H groups in total. The minimum Gasteiger partial charge on any atom is -0.390 e. The molecule has 0 aromatic heterocycles. The van der Waals surface area contributed by atoms with Crippen LogP contribution in [0.15, 0.2) is 0 Å². The van der Waals surface area contributed by atoms with Crippen LogP contribution in [-0.2, 0) is 4.74 Å². The topological polar surface area (TPSA) is 29.5 Å². The lowest BCUT2D eigenvalue weighted by atomic mass is 9.60. The maximum Gasteiger partial charge on any atom is 0.0861 e. The summed E-state index contributed by atoms with van der Waals surface area (Å²) >= 11 is 0. The second kappa shape index (κ2) is 4.46. The summed E-state index contributed by atoms with van der Waals surface area (Å²) in [6.45, 7) is 7.47. The van der Waals surface area contributed by atoms with E-state index in [4.69, 9.17) is 4.74 Å². The number of rotatable bonds is 2. The van der Waals surface area contributed by atoms with E-state index in [-0.39, 0.29) is 12.2 Å². The molecule has 110 valence electrons. The summed E-state index contributed by atoms with van der Waals surface area (Å²) in [7, 11) is 1.78. The Hall–Kier alpha value is -0.0800. The molecule has 0 spiro atoms. The molecule has 3 aliphatic carbocycles. The van der Waals surface area contributed by atoms with Crippen LogP contribution in [0.2, 0.25) is 0 Å². The van der Waals surface area contributed by atoms with Gasteiger partial charge < -0.3 is 9.84 Å². The molecule has 0 heterocycles. The smallest absolute Gasteiger partial charge is 0.0861 e. The summed E-state index contributed by atoms with van der Waals surface area (Å²) in [5.74, 6) is 2.21. The highest BCUT2D eigenvalue weighted by atomic mass is 16.5. The van der Waals surface area contributed by atoms with Crippen LogP contribution in [0.1, 0.15) is 59.3 Å². The zero-order valence-electron chi connectivity index (χ0n) is 13.0. The Morgan fingerprint density at radius 1 is 1.11 bits per heavy atom. The fraction of sp³-hybridized carbons (Fsp3) is 1.00. The van der Waals surface area contributed by atoms with Crippen molar-refractivity contribution in [1.82, 2.24) is 0 Å². The molecule has 2 bridgehead atoms. The van der Waals surface area contributed by atoms with Crippen molar-refractivity contribution >= 4 is 0 Å². The fourth-order valence-corrected chi connectivity index (χ4v) is 5.85. The fourth-order valence-electron chi connectivity index (χ4n) is 5.85. The number of aliphatic hydroxyl groups is 1. The Morgan fingerprint density at radius 3 is 2.37 bits per heavy atom. The highest BCUT2D eigenvalue weighted by Crippen LogP contribution is 2.70. The molecule has 0 aliphatic heterocycles. The van der Waals surface area contributed by atoms with Crippen LogP contribution < -0.4 is 0 Å². The van der Waals surface area contributed by atoms with Gasteiger partial charge in [0.05, 0.1) is 12.2 Å². The second-order valence-corrected chi connectivity index (χ2v) is 8.08. The van der Waals surface area contributed by atoms with E-state index in [1.165, 1.54) is 32.1 Å². The molecule has 0 saturated heterocycles. The number of hydrogen-bond donors (Lipinski definition) is 1. The molecule has 0 radical (unpaired) electrons. The summed E-state index contributed by atoms with van der Waals surface area (Å²) in [5, 5.41) is 10.3. The van der Waals surface area contributed by atoms with Gasteiger partial charge in [-0.25, -0.2) is 0 Å². The van der Waals surface area contributed by atoms with Crippen LogP contribution >= 0.6 is 0 Å². The van der Waals surface area contributed by atoms with Gasteiger partial charge in [0.15, 0.2) is 0 Å². The van der Waals surface area contributed by atoms with Gasteiger partial charge in [-0.2, -0.15) is 0 Å². The quantitative estimate of drug-likeness (QED) is 0.827. The highest BCUT2D eigenvalue weighted by Gasteiger charge is 2.63. The normalized spacial score (nSPS) is 52.6. The zero-order chi connectivity index (χ0) is 13.8. The average molecular weight is 266 g/mol. The van der Waals surface area contributed by atoms with Gasteiger partial charge in [0.1, 0.15) is 0 Å². The Bertz CT molecular complexity index is 351. The number of methoxy groups -OCH3 is 1. The summed E-state index contributed by atoms with van der Waals surface area (Å²) in [6, 6.07) is 0. The molecule has 0 aromatic rings. The van der Waals surface area contributed by atoms with Gasteiger partial charge in [0.25, 0.3) is 0 Å². The molecule has 2 nitrogen and oxygen atoms in total. The third-order valence-corrected chi connectivity index (χ3v) is 7.49. The van der Waals surface area contributed by atoms with E-state index in [9.17, 15) is 5.11 Å². The van der Waals surface area contributed by atoms with Gasteiger partial charge in [-0.3, -0.25) is 0 Å². The average Bonchev–Trinajstić information content (AvgIpc) is 2.70. The molecule has 3 aliphatic rings. The van der Waals surface area contributed by atoms with Gasteiger partial charge in [0, 0.05) is 7.11 Å². The van der Waals surface area contributed by atoms with Crippen molar-refractivity contribution in [2.75, 3.05) is 7.11 Å². The third kappa shape index (κ3) is 1.75. The first-order valence-corrected chi connectivity index (χ1v) is 8.12. The first-order valence-electron chi connectivity index (χ1n) is 8.12. The van der Waals surface area contributed by atoms with Gasteiger partial charge in [-0.05, 0) is 60.7 Å². The van der Waals surface area contributed by atoms with Crippen molar-refractivity contribution in [2.24, 2.45) is 28.6 Å².